The van der Waals surface area contributed by atoms with Crippen molar-refractivity contribution in [2.24, 2.45) is 5.73 Å². The summed E-state index contributed by atoms with van der Waals surface area (Å²) in [5, 5.41) is 3.25. The van der Waals surface area contributed by atoms with Crippen molar-refractivity contribution in [3.63, 3.8) is 0 Å². The molecular weight excluding hydrogens is 282 g/mol. The molecule has 0 aromatic heterocycles. The first-order valence-corrected chi connectivity index (χ1v) is 8.42. The van der Waals surface area contributed by atoms with Crippen molar-refractivity contribution < 1.29 is 0 Å². The van der Waals surface area contributed by atoms with Crippen molar-refractivity contribution >= 4 is 11.6 Å². The molecule has 0 saturated heterocycles. The van der Waals surface area contributed by atoms with Gasteiger partial charge in [-0.15, -0.1) is 0 Å². The quantitative estimate of drug-likeness (QED) is 0.792. The number of hydrogen-bond donors (Lipinski definition) is 2. The molecule has 1 aromatic rings. The molecule has 4 heteroatoms. The van der Waals surface area contributed by atoms with Gasteiger partial charge < -0.3 is 5.73 Å². The van der Waals surface area contributed by atoms with Gasteiger partial charge in [-0.2, -0.15) is 0 Å². The average molecular weight is 310 g/mol. The van der Waals surface area contributed by atoms with Crippen LogP contribution >= 0.6 is 11.6 Å². The van der Waals surface area contributed by atoms with Gasteiger partial charge in [0, 0.05) is 23.7 Å². The minimum atomic E-state index is 0.414. The molecule has 3 N–H and O–H groups in total. The fraction of sp³-hybridized carbons (Fsp3) is 0.647. The molecule has 1 fully saturated rings. The third-order valence-corrected chi connectivity index (χ3v) is 4.98. The lowest BCUT2D eigenvalue weighted by atomic mass is 9.91. The van der Waals surface area contributed by atoms with Gasteiger partial charge >= 0.3 is 0 Å². The third-order valence-electron chi connectivity index (χ3n) is 4.56. The third kappa shape index (κ3) is 4.96. The van der Waals surface area contributed by atoms with Crippen molar-refractivity contribution in [1.82, 2.24) is 10.4 Å². The number of nitrogens with two attached hydrogens (primary N) is 1. The van der Waals surface area contributed by atoms with Gasteiger partial charge in [-0.1, -0.05) is 23.7 Å². The molecule has 0 aliphatic heterocycles. The summed E-state index contributed by atoms with van der Waals surface area (Å²) in [7, 11) is 2.03. The zero-order chi connectivity index (χ0) is 15.2. The second-order valence-corrected chi connectivity index (χ2v) is 6.58. The number of halogens is 1. The minimum absolute atomic E-state index is 0.414. The van der Waals surface area contributed by atoms with Gasteiger partial charge in [0.25, 0.3) is 0 Å². The summed E-state index contributed by atoms with van der Waals surface area (Å²) in [5.74, 6) is 0. The number of aryl methyl sites for hydroxylation is 2. The predicted octanol–water partition coefficient (Wildman–Crippen LogP) is 3.29. The van der Waals surface area contributed by atoms with Crippen LogP contribution in [0.2, 0.25) is 5.02 Å². The molecule has 0 spiro atoms. The standard InChI is InChI=1S/C17H28ClN3/c1-13-12-14(5-10-17(13)18)4-3-11-21(20-2)16-8-6-15(19)7-9-16/h5,10,12,15-16,20H,3-4,6-9,11,19H2,1-2H3. The van der Waals surface area contributed by atoms with Crippen molar-refractivity contribution in [2.75, 3.05) is 13.6 Å². The summed E-state index contributed by atoms with van der Waals surface area (Å²) in [5.41, 5.74) is 11.9. The van der Waals surface area contributed by atoms with E-state index in [1.807, 2.05) is 13.1 Å². The second-order valence-electron chi connectivity index (χ2n) is 6.17. The van der Waals surface area contributed by atoms with E-state index in [0.29, 0.717) is 12.1 Å². The summed E-state index contributed by atoms with van der Waals surface area (Å²) >= 11 is 6.07. The smallest absolute Gasteiger partial charge is 0.0435 e. The average Bonchev–Trinajstić information content (AvgIpc) is 2.48. The summed E-state index contributed by atoms with van der Waals surface area (Å²) in [4.78, 5) is 0. The maximum Gasteiger partial charge on any atom is 0.0435 e. The fourth-order valence-electron chi connectivity index (χ4n) is 3.21. The van der Waals surface area contributed by atoms with Gasteiger partial charge in [0.2, 0.25) is 0 Å². The second kappa shape index (κ2) is 8.14. The van der Waals surface area contributed by atoms with E-state index in [1.54, 1.807) is 0 Å². The zero-order valence-corrected chi connectivity index (χ0v) is 14.0. The van der Waals surface area contributed by atoms with Gasteiger partial charge in [0.15, 0.2) is 0 Å². The van der Waals surface area contributed by atoms with E-state index in [0.717, 1.165) is 37.3 Å². The molecule has 0 amide bonds. The van der Waals surface area contributed by atoms with E-state index < -0.39 is 0 Å². The van der Waals surface area contributed by atoms with Crippen LogP contribution in [-0.4, -0.2) is 30.7 Å². The Morgan fingerprint density at radius 3 is 2.62 bits per heavy atom. The van der Waals surface area contributed by atoms with Crippen LogP contribution in [0.5, 0.6) is 0 Å². The normalized spacial score (nSPS) is 22.7. The Labute approximate surface area is 133 Å². The number of rotatable bonds is 6. The summed E-state index contributed by atoms with van der Waals surface area (Å²) in [6.07, 6.45) is 6.98. The van der Waals surface area contributed by atoms with E-state index in [4.69, 9.17) is 17.3 Å². The molecule has 0 atom stereocenters. The molecule has 1 aromatic carbocycles. The minimum Gasteiger partial charge on any atom is -0.328 e. The molecule has 0 unspecified atom stereocenters. The van der Waals surface area contributed by atoms with Crippen LogP contribution in [0.4, 0.5) is 0 Å². The van der Waals surface area contributed by atoms with Crippen LogP contribution in [0.25, 0.3) is 0 Å². The van der Waals surface area contributed by atoms with E-state index in [9.17, 15) is 0 Å². The number of nitrogens with zero attached hydrogens (tertiary/aromatic N) is 1. The van der Waals surface area contributed by atoms with E-state index in [-0.39, 0.29) is 0 Å². The van der Waals surface area contributed by atoms with Gasteiger partial charge in [0.05, 0.1) is 0 Å². The summed E-state index contributed by atoms with van der Waals surface area (Å²) < 4.78 is 0. The van der Waals surface area contributed by atoms with Crippen LogP contribution in [0.3, 0.4) is 0 Å². The Morgan fingerprint density at radius 2 is 2.00 bits per heavy atom. The van der Waals surface area contributed by atoms with Crippen molar-refractivity contribution in [2.45, 2.75) is 57.5 Å². The molecule has 0 heterocycles. The Bertz CT molecular complexity index is 442. The lowest BCUT2D eigenvalue weighted by molar-refractivity contribution is 0.102. The van der Waals surface area contributed by atoms with E-state index in [1.165, 1.54) is 24.0 Å². The first-order valence-electron chi connectivity index (χ1n) is 8.04. The predicted molar refractivity (Wildman–Crippen MR) is 90.5 cm³/mol. The van der Waals surface area contributed by atoms with Crippen LogP contribution < -0.4 is 11.2 Å². The lowest BCUT2D eigenvalue weighted by Gasteiger charge is -2.35. The van der Waals surface area contributed by atoms with Gasteiger partial charge in [-0.3, -0.25) is 5.43 Å². The fourth-order valence-corrected chi connectivity index (χ4v) is 3.32. The maximum absolute atomic E-state index is 6.07. The van der Waals surface area contributed by atoms with Crippen LogP contribution in [-0.2, 0) is 6.42 Å². The van der Waals surface area contributed by atoms with Crippen molar-refractivity contribution in [1.29, 1.82) is 0 Å². The first-order chi connectivity index (χ1) is 10.1. The SMILES string of the molecule is CNN(CCCc1ccc(Cl)c(C)c1)C1CCC(N)CC1. The molecule has 118 valence electrons. The van der Waals surface area contributed by atoms with Gasteiger partial charge in [-0.25, -0.2) is 5.01 Å². The number of benzene rings is 1. The monoisotopic (exact) mass is 309 g/mol. The van der Waals surface area contributed by atoms with Crippen molar-refractivity contribution in [3.8, 4) is 0 Å². The number of hydrazine groups is 1. The van der Waals surface area contributed by atoms with Crippen LogP contribution in [0.1, 0.15) is 43.2 Å². The first kappa shape index (κ1) is 16.8. The Balaban J connectivity index is 1.79. The number of nitrogens with one attached hydrogen (secondary N) is 1. The molecule has 0 radical (unpaired) electrons. The molecule has 1 aliphatic rings. The van der Waals surface area contributed by atoms with E-state index in [2.05, 4.69) is 29.5 Å². The molecule has 21 heavy (non-hydrogen) atoms. The molecule has 1 saturated carbocycles. The molecule has 0 bridgehead atoms. The van der Waals surface area contributed by atoms with Crippen molar-refractivity contribution in [3.05, 3.63) is 34.3 Å². The lowest BCUT2D eigenvalue weighted by Crippen LogP contribution is -2.47. The Hall–Kier alpha value is -0.610. The number of hydrogen-bond acceptors (Lipinski definition) is 3. The molecule has 2 rings (SSSR count). The molecule has 1 aliphatic carbocycles. The summed E-state index contributed by atoms with van der Waals surface area (Å²) in [6, 6.07) is 7.40. The van der Waals surface area contributed by atoms with Gasteiger partial charge in [0.1, 0.15) is 0 Å². The molecular formula is C17H28ClN3. The Morgan fingerprint density at radius 1 is 1.29 bits per heavy atom. The molecule has 3 nitrogen and oxygen atoms in total. The largest absolute Gasteiger partial charge is 0.328 e. The highest BCUT2D eigenvalue weighted by Gasteiger charge is 2.23. The highest BCUT2D eigenvalue weighted by Crippen LogP contribution is 2.22. The Kier molecular flexibility index (Phi) is 6.49. The van der Waals surface area contributed by atoms with Crippen LogP contribution in [0.15, 0.2) is 18.2 Å². The zero-order valence-electron chi connectivity index (χ0n) is 13.2. The van der Waals surface area contributed by atoms with Crippen LogP contribution in [0, 0.1) is 6.92 Å². The van der Waals surface area contributed by atoms with Gasteiger partial charge in [-0.05, 0) is 69.7 Å². The van der Waals surface area contributed by atoms with E-state index >= 15 is 0 Å². The highest BCUT2D eigenvalue weighted by atomic mass is 35.5. The topological polar surface area (TPSA) is 41.3 Å². The summed E-state index contributed by atoms with van der Waals surface area (Å²) in [6.45, 7) is 3.15. The maximum atomic E-state index is 6.07. The highest BCUT2D eigenvalue weighted by molar-refractivity contribution is 6.31.